The van der Waals surface area contributed by atoms with Gasteiger partial charge in [-0.15, -0.1) is 0 Å². The van der Waals surface area contributed by atoms with E-state index in [1.54, 1.807) is 0 Å². The van der Waals surface area contributed by atoms with Gasteiger partial charge in [0.05, 0.1) is 6.61 Å². The quantitative estimate of drug-likeness (QED) is 0.840. The molecule has 1 fully saturated rings. The number of piperidine rings is 1. The van der Waals surface area contributed by atoms with Crippen LogP contribution in [0.4, 0.5) is 10.8 Å². The summed E-state index contributed by atoms with van der Waals surface area (Å²) >= 11 is 1.40. The zero-order valence-corrected chi connectivity index (χ0v) is 12.6. The van der Waals surface area contributed by atoms with Crippen LogP contribution in [-0.2, 0) is 0 Å². The van der Waals surface area contributed by atoms with Crippen LogP contribution in [0.15, 0.2) is 0 Å². The van der Waals surface area contributed by atoms with Crippen molar-refractivity contribution in [2.75, 3.05) is 37.3 Å². The number of nitrogens with two attached hydrogens (primary N) is 1. The van der Waals surface area contributed by atoms with Gasteiger partial charge in [0, 0.05) is 19.1 Å². The molecule has 0 amide bonds. The van der Waals surface area contributed by atoms with Crippen molar-refractivity contribution in [3.05, 3.63) is 0 Å². The van der Waals surface area contributed by atoms with Crippen LogP contribution in [0.1, 0.15) is 33.1 Å². The molecule has 2 heterocycles. The molecule has 1 aromatic heterocycles. The first-order chi connectivity index (χ1) is 9.24. The van der Waals surface area contributed by atoms with Crippen LogP contribution in [0.25, 0.3) is 0 Å². The van der Waals surface area contributed by atoms with Crippen LogP contribution in [0.5, 0.6) is 5.75 Å². The van der Waals surface area contributed by atoms with Gasteiger partial charge >= 0.3 is 0 Å². The highest BCUT2D eigenvalue weighted by Gasteiger charge is 2.21. The molecular weight excluding hydrogens is 260 g/mol. The average molecular weight is 284 g/mol. The Balaban J connectivity index is 1.88. The molecule has 1 aliphatic rings. The number of nitrogens with zero attached hydrogens (tertiary/aromatic N) is 2. The lowest BCUT2D eigenvalue weighted by Crippen LogP contribution is -2.39. The largest absolute Gasteiger partial charge is 0.487 e. The number of nitrogen functional groups attached to an aromatic ring is 1. The van der Waals surface area contributed by atoms with E-state index in [2.05, 4.69) is 21.5 Å². The summed E-state index contributed by atoms with van der Waals surface area (Å²) in [6.45, 7) is 8.37. The fourth-order valence-electron chi connectivity index (χ4n) is 2.47. The summed E-state index contributed by atoms with van der Waals surface area (Å²) < 4.78 is 9.73. The van der Waals surface area contributed by atoms with Gasteiger partial charge < -0.3 is 20.7 Å². The van der Waals surface area contributed by atoms with Crippen LogP contribution < -0.4 is 15.8 Å². The lowest BCUT2D eigenvalue weighted by Gasteiger charge is -2.32. The Morgan fingerprint density at radius 2 is 2.16 bits per heavy atom. The number of hydrogen-bond donors (Lipinski definition) is 2. The second-order valence-corrected chi connectivity index (χ2v) is 5.69. The van der Waals surface area contributed by atoms with Crippen molar-refractivity contribution in [2.45, 2.75) is 39.2 Å². The number of ether oxygens (including phenoxy) is 1. The molecule has 2 rings (SSSR count). The van der Waals surface area contributed by atoms with E-state index in [-0.39, 0.29) is 0 Å². The van der Waals surface area contributed by atoms with Gasteiger partial charge in [-0.3, -0.25) is 0 Å². The van der Waals surface area contributed by atoms with E-state index in [4.69, 9.17) is 10.5 Å². The minimum absolute atomic E-state index is 0.498. The van der Waals surface area contributed by atoms with Crippen LogP contribution in [-0.4, -0.2) is 41.6 Å². The van der Waals surface area contributed by atoms with Crippen molar-refractivity contribution in [1.82, 2.24) is 9.27 Å². The van der Waals surface area contributed by atoms with E-state index in [1.165, 1.54) is 50.4 Å². The molecule has 1 aromatic rings. The SMILES string of the molecule is CCCN1CCC(Nc2snc(N)c2OCC)CC1. The van der Waals surface area contributed by atoms with E-state index in [0.717, 1.165) is 10.8 Å². The minimum atomic E-state index is 0.498. The lowest BCUT2D eigenvalue weighted by molar-refractivity contribution is 0.219. The molecule has 108 valence electrons. The third-order valence-electron chi connectivity index (χ3n) is 3.43. The molecule has 6 heteroatoms. The first-order valence-corrected chi connectivity index (χ1v) is 7.88. The maximum Gasteiger partial charge on any atom is 0.197 e. The molecule has 0 aromatic carbocycles. The topological polar surface area (TPSA) is 63.4 Å². The number of hydrogen-bond acceptors (Lipinski definition) is 6. The van der Waals surface area contributed by atoms with Crippen molar-refractivity contribution in [2.24, 2.45) is 0 Å². The summed E-state index contributed by atoms with van der Waals surface area (Å²) in [4.78, 5) is 2.53. The second-order valence-electron chi connectivity index (χ2n) is 4.92. The molecule has 1 saturated heterocycles. The maximum absolute atomic E-state index is 5.82. The van der Waals surface area contributed by atoms with E-state index in [9.17, 15) is 0 Å². The molecule has 19 heavy (non-hydrogen) atoms. The third kappa shape index (κ3) is 3.73. The Kier molecular flexibility index (Phi) is 5.27. The van der Waals surface area contributed by atoms with Gasteiger partial charge in [-0.25, -0.2) is 0 Å². The normalized spacial score (nSPS) is 17.6. The maximum atomic E-state index is 5.82. The standard InChI is InChI=1S/C13H24N4OS/c1-3-7-17-8-5-10(6-9-17)15-13-11(18-4-2)12(14)16-19-13/h10,15H,3-9H2,1-2H3,(H2,14,16). The van der Waals surface area contributed by atoms with E-state index >= 15 is 0 Å². The fraction of sp³-hybridized carbons (Fsp3) is 0.769. The third-order valence-corrected chi connectivity index (χ3v) is 4.20. The number of aromatic nitrogens is 1. The summed E-state index contributed by atoms with van der Waals surface area (Å²) in [6.07, 6.45) is 3.57. The van der Waals surface area contributed by atoms with E-state index < -0.39 is 0 Å². The van der Waals surface area contributed by atoms with Crippen molar-refractivity contribution >= 4 is 22.4 Å². The minimum Gasteiger partial charge on any atom is -0.487 e. The summed E-state index contributed by atoms with van der Waals surface area (Å²) in [5.74, 6) is 1.22. The van der Waals surface area contributed by atoms with E-state index in [0.29, 0.717) is 18.5 Å². The Morgan fingerprint density at radius 1 is 1.42 bits per heavy atom. The van der Waals surface area contributed by atoms with Gasteiger partial charge in [0.15, 0.2) is 16.6 Å². The Hall–Kier alpha value is -1.01. The first kappa shape index (κ1) is 14.4. The highest BCUT2D eigenvalue weighted by Crippen LogP contribution is 2.36. The second kappa shape index (κ2) is 6.96. The van der Waals surface area contributed by atoms with Crippen molar-refractivity contribution in [3.63, 3.8) is 0 Å². The van der Waals surface area contributed by atoms with Gasteiger partial charge in [-0.2, -0.15) is 4.37 Å². The molecule has 0 atom stereocenters. The highest BCUT2D eigenvalue weighted by atomic mass is 32.1. The van der Waals surface area contributed by atoms with Crippen LogP contribution in [0, 0.1) is 0 Å². The Bertz CT molecular complexity index is 388. The van der Waals surface area contributed by atoms with Gasteiger partial charge in [0.1, 0.15) is 0 Å². The number of nitrogens with one attached hydrogen (secondary N) is 1. The molecule has 1 aliphatic heterocycles. The Morgan fingerprint density at radius 3 is 2.79 bits per heavy atom. The summed E-state index contributed by atoms with van der Waals surface area (Å²) in [6, 6.07) is 0.507. The number of likely N-dealkylation sites (tertiary alicyclic amines) is 1. The van der Waals surface area contributed by atoms with Crippen LogP contribution in [0.3, 0.4) is 0 Å². The van der Waals surface area contributed by atoms with Crippen LogP contribution in [0.2, 0.25) is 0 Å². The predicted molar refractivity (Wildman–Crippen MR) is 81.1 cm³/mol. The molecule has 0 radical (unpaired) electrons. The smallest absolute Gasteiger partial charge is 0.197 e. The van der Waals surface area contributed by atoms with Crippen molar-refractivity contribution < 1.29 is 4.74 Å². The molecule has 0 aliphatic carbocycles. The fourth-order valence-corrected chi connectivity index (χ4v) is 3.21. The molecule has 0 unspecified atom stereocenters. The zero-order chi connectivity index (χ0) is 13.7. The first-order valence-electron chi connectivity index (χ1n) is 7.11. The molecule has 0 saturated carbocycles. The predicted octanol–water partition coefficient (Wildman–Crippen LogP) is 2.41. The van der Waals surface area contributed by atoms with Gasteiger partial charge in [0.25, 0.3) is 0 Å². The number of rotatable bonds is 6. The van der Waals surface area contributed by atoms with Gasteiger partial charge in [-0.05, 0) is 44.3 Å². The molecule has 3 N–H and O–H groups in total. The monoisotopic (exact) mass is 284 g/mol. The van der Waals surface area contributed by atoms with Gasteiger partial charge in [-0.1, -0.05) is 6.92 Å². The average Bonchev–Trinajstić information content (AvgIpc) is 2.75. The zero-order valence-electron chi connectivity index (χ0n) is 11.8. The molecule has 0 spiro atoms. The van der Waals surface area contributed by atoms with E-state index in [1.807, 2.05) is 6.92 Å². The summed E-state index contributed by atoms with van der Waals surface area (Å²) in [7, 11) is 0. The Labute approximate surface area is 119 Å². The molecule has 0 bridgehead atoms. The van der Waals surface area contributed by atoms with Crippen molar-refractivity contribution in [1.29, 1.82) is 0 Å². The van der Waals surface area contributed by atoms with Gasteiger partial charge in [0.2, 0.25) is 0 Å². The van der Waals surface area contributed by atoms with Crippen LogP contribution >= 0.6 is 11.5 Å². The lowest BCUT2D eigenvalue weighted by atomic mass is 10.1. The van der Waals surface area contributed by atoms with Crippen molar-refractivity contribution in [3.8, 4) is 5.75 Å². The molecular formula is C13H24N4OS. The molecule has 5 nitrogen and oxygen atoms in total. The summed E-state index contributed by atoms with van der Waals surface area (Å²) in [5, 5.41) is 4.52. The number of anilines is 2. The highest BCUT2D eigenvalue weighted by molar-refractivity contribution is 7.11. The summed E-state index contributed by atoms with van der Waals surface area (Å²) in [5.41, 5.74) is 5.82.